The van der Waals surface area contributed by atoms with Gasteiger partial charge in [0.05, 0.1) is 24.4 Å². The molecule has 128 valence electrons. The Morgan fingerprint density at radius 2 is 1.96 bits per heavy atom. The number of ether oxygens (including phenoxy) is 1. The minimum atomic E-state index is -0.0508. The average molecular weight is 353 g/mol. The summed E-state index contributed by atoms with van der Waals surface area (Å²) in [5.41, 5.74) is 3.72. The van der Waals surface area contributed by atoms with E-state index in [0.29, 0.717) is 13.2 Å². The fraction of sp³-hybridized carbons (Fsp3) is 0.211. The topological polar surface area (TPSA) is 64.1 Å². The Balaban J connectivity index is 1.58. The molecule has 1 N–H and O–H groups in total. The second-order valence-electron chi connectivity index (χ2n) is 5.51. The third-order valence-corrected chi connectivity index (χ3v) is 4.59. The number of carbonyl (C=O) groups is 1. The summed E-state index contributed by atoms with van der Waals surface area (Å²) in [6.07, 6.45) is 2.00. The highest BCUT2D eigenvalue weighted by molar-refractivity contribution is 7.13. The standard InChI is InChI=1S/C19H19N3O2S/c1-24-12-15-7-3-2-6-14(15)11-21-18(23)10-16-13-25-19(22-16)17-8-4-5-9-20-17/h2-9,13H,10-12H2,1H3,(H,21,23). The van der Waals surface area contributed by atoms with E-state index >= 15 is 0 Å². The number of carbonyl (C=O) groups excluding carboxylic acids is 1. The molecule has 3 rings (SSSR count). The van der Waals surface area contributed by atoms with Crippen LogP contribution in [0.2, 0.25) is 0 Å². The molecule has 0 aliphatic carbocycles. The molecule has 0 saturated carbocycles. The van der Waals surface area contributed by atoms with Crippen LogP contribution >= 0.6 is 11.3 Å². The van der Waals surface area contributed by atoms with Crippen molar-refractivity contribution in [3.63, 3.8) is 0 Å². The van der Waals surface area contributed by atoms with Crippen LogP contribution in [0.5, 0.6) is 0 Å². The van der Waals surface area contributed by atoms with Crippen molar-refractivity contribution in [1.82, 2.24) is 15.3 Å². The Kier molecular flexibility index (Phi) is 5.87. The van der Waals surface area contributed by atoms with Gasteiger partial charge >= 0.3 is 0 Å². The van der Waals surface area contributed by atoms with E-state index in [0.717, 1.165) is 27.5 Å². The summed E-state index contributed by atoms with van der Waals surface area (Å²) in [4.78, 5) is 21.0. The van der Waals surface area contributed by atoms with Gasteiger partial charge in [0.2, 0.25) is 5.91 Å². The molecule has 25 heavy (non-hydrogen) atoms. The molecule has 2 aromatic heterocycles. The molecular weight excluding hydrogens is 334 g/mol. The van der Waals surface area contributed by atoms with Crippen LogP contribution in [0.1, 0.15) is 16.8 Å². The van der Waals surface area contributed by atoms with Crippen molar-refractivity contribution in [3.05, 3.63) is 70.9 Å². The van der Waals surface area contributed by atoms with Crippen molar-refractivity contribution >= 4 is 17.2 Å². The second-order valence-corrected chi connectivity index (χ2v) is 6.37. The minimum Gasteiger partial charge on any atom is -0.380 e. The predicted octanol–water partition coefficient (Wildman–Crippen LogP) is 3.21. The number of thiazole rings is 1. The minimum absolute atomic E-state index is 0.0508. The van der Waals surface area contributed by atoms with Crippen molar-refractivity contribution in [2.24, 2.45) is 0 Å². The van der Waals surface area contributed by atoms with E-state index in [9.17, 15) is 4.79 Å². The molecule has 0 spiro atoms. The monoisotopic (exact) mass is 353 g/mol. The molecular formula is C19H19N3O2S. The van der Waals surface area contributed by atoms with Crippen LogP contribution in [0.15, 0.2) is 54.0 Å². The quantitative estimate of drug-likeness (QED) is 0.708. The molecule has 0 aliphatic rings. The van der Waals surface area contributed by atoms with E-state index in [4.69, 9.17) is 4.74 Å². The maximum atomic E-state index is 12.2. The van der Waals surface area contributed by atoms with E-state index in [2.05, 4.69) is 15.3 Å². The lowest BCUT2D eigenvalue weighted by Gasteiger charge is -2.09. The maximum absolute atomic E-state index is 12.2. The number of amides is 1. The van der Waals surface area contributed by atoms with Crippen molar-refractivity contribution < 1.29 is 9.53 Å². The summed E-state index contributed by atoms with van der Waals surface area (Å²) in [6, 6.07) is 13.6. The summed E-state index contributed by atoms with van der Waals surface area (Å²) >= 11 is 1.50. The number of rotatable bonds is 7. The largest absolute Gasteiger partial charge is 0.380 e. The summed E-state index contributed by atoms with van der Waals surface area (Å²) in [7, 11) is 1.66. The number of nitrogens with zero attached hydrogens (tertiary/aromatic N) is 2. The molecule has 6 heteroatoms. The Morgan fingerprint density at radius 3 is 2.72 bits per heavy atom. The van der Waals surface area contributed by atoms with Crippen LogP contribution in [-0.4, -0.2) is 23.0 Å². The zero-order chi connectivity index (χ0) is 17.5. The van der Waals surface area contributed by atoms with Gasteiger partial charge in [0.15, 0.2) is 0 Å². The van der Waals surface area contributed by atoms with Crippen LogP contribution in [0.4, 0.5) is 0 Å². The van der Waals surface area contributed by atoms with E-state index in [-0.39, 0.29) is 12.3 Å². The predicted molar refractivity (Wildman–Crippen MR) is 98.1 cm³/mol. The van der Waals surface area contributed by atoms with Gasteiger partial charge in [0.1, 0.15) is 5.01 Å². The first-order valence-electron chi connectivity index (χ1n) is 7.94. The highest BCUT2D eigenvalue weighted by atomic mass is 32.1. The Bertz CT molecular complexity index is 833. The normalized spacial score (nSPS) is 10.6. The highest BCUT2D eigenvalue weighted by Gasteiger charge is 2.10. The van der Waals surface area contributed by atoms with Gasteiger partial charge in [-0.05, 0) is 23.3 Å². The lowest BCUT2D eigenvalue weighted by molar-refractivity contribution is -0.120. The Labute approximate surface area is 150 Å². The van der Waals surface area contributed by atoms with Crippen LogP contribution in [0, 0.1) is 0 Å². The van der Waals surface area contributed by atoms with Gasteiger partial charge in [-0.15, -0.1) is 11.3 Å². The lowest BCUT2D eigenvalue weighted by atomic mass is 10.1. The molecule has 5 nitrogen and oxygen atoms in total. The molecule has 3 aromatic rings. The molecule has 0 bridgehead atoms. The molecule has 0 unspecified atom stereocenters. The summed E-state index contributed by atoms with van der Waals surface area (Å²) in [5, 5.41) is 5.68. The van der Waals surface area contributed by atoms with E-state index in [1.165, 1.54) is 11.3 Å². The van der Waals surface area contributed by atoms with Gasteiger partial charge in [-0.1, -0.05) is 30.3 Å². The number of nitrogens with one attached hydrogen (secondary N) is 1. The molecule has 0 atom stereocenters. The van der Waals surface area contributed by atoms with Crippen molar-refractivity contribution in [2.45, 2.75) is 19.6 Å². The van der Waals surface area contributed by atoms with Crippen LogP contribution < -0.4 is 5.32 Å². The van der Waals surface area contributed by atoms with Gasteiger partial charge in [0, 0.05) is 25.2 Å². The molecule has 0 fully saturated rings. The number of hydrogen-bond acceptors (Lipinski definition) is 5. The third kappa shape index (κ3) is 4.71. The van der Waals surface area contributed by atoms with E-state index < -0.39 is 0 Å². The SMILES string of the molecule is COCc1ccccc1CNC(=O)Cc1csc(-c2ccccn2)n1. The van der Waals surface area contributed by atoms with Crippen LogP contribution in [0.3, 0.4) is 0 Å². The van der Waals surface area contributed by atoms with Gasteiger partial charge in [-0.2, -0.15) is 0 Å². The zero-order valence-corrected chi connectivity index (χ0v) is 14.8. The number of methoxy groups -OCH3 is 1. The molecule has 0 aliphatic heterocycles. The number of hydrogen-bond donors (Lipinski definition) is 1. The fourth-order valence-corrected chi connectivity index (χ4v) is 3.24. The Hall–Kier alpha value is -2.57. The fourth-order valence-electron chi connectivity index (χ4n) is 2.44. The Morgan fingerprint density at radius 1 is 1.16 bits per heavy atom. The van der Waals surface area contributed by atoms with Gasteiger partial charge < -0.3 is 10.1 Å². The first kappa shape index (κ1) is 17.3. The van der Waals surface area contributed by atoms with Crippen molar-refractivity contribution in [2.75, 3.05) is 7.11 Å². The summed E-state index contributed by atoms with van der Waals surface area (Å²) < 4.78 is 5.19. The first-order valence-corrected chi connectivity index (χ1v) is 8.82. The van der Waals surface area contributed by atoms with E-state index in [1.54, 1.807) is 13.3 Å². The van der Waals surface area contributed by atoms with Gasteiger partial charge in [-0.25, -0.2) is 4.98 Å². The van der Waals surface area contributed by atoms with Gasteiger partial charge in [-0.3, -0.25) is 9.78 Å². The lowest BCUT2D eigenvalue weighted by Crippen LogP contribution is -2.25. The molecule has 1 aromatic carbocycles. The third-order valence-electron chi connectivity index (χ3n) is 3.67. The van der Waals surface area contributed by atoms with E-state index in [1.807, 2.05) is 47.8 Å². The number of benzene rings is 1. The maximum Gasteiger partial charge on any atom is 0.226 e. The van der Waals surface area contributed by atoms with Crippen LogP contribution in [-0.2, 0) is 29.1 Å². The van der Waals surface area contributed by atoms with Crippen LogP contribution in [0.25, 0.3) is 10.7 Å². The molecule has 0 radical (unpaired) electrons. The second kappa shape index (κ2) is 8.50. The molecule has 2 heterocycles. The molecule has 1 amide bonds. The number of aromatic nitrogens is 2. The zero-order valence-electron chi connectivity index (χ0n) is 13.9. The van der Waals surface area contributed by atoms with Crippen molar-refractivity contribution in [1.29, 1.82) is 0 Å². The first-order chi connectivity index (χ1) is 12.3. The summed E-state index contributed by atoms with van der Waals surface area (Å²) in [5.74, 6) is -0.0508. The number of pyridine rings is 1. The smallest absolute Gasteiger partial charge is 0.226 e. The van der Waals surface area contributed by atoms with Gasteiger partial charge in [0.25, 0.3) is 0 Å². The highest BCUT2D eigenvalue weighted by Crippen LogP contribution is 2.21. The van der Waals surface area contributed by atoms with Crippen molar-refractivity contribution in [3.8, 4) is 10.7 Å². The molecule has 0 saturated heterocycles. The summed E-state index contributed by atoms with van der Waals surface area (Å²) in [6.45, 7) is 1.02. The average Bonchev–Trinajstić information content (AvgIpc) is 3.10.